The summed E-state index contributed by atoms with van der Waals surface area (Å²) in [5.41, 5.74) is 2.90. The fourth-order valence-electron chi connectivity index (χ4n) is 2.70. The first-order chi connectivity index (χ1) is 13.1. The smallest absolute Gasteiger partial charge is 0.340 e. The first-order valence-corrected chi connectivity index (χ1v) is 8.71. The van der Waals surface area contributed by atoms with Crippen molar-refractivity contribution in [1.82, 2.24) is 15.0 Å². The van der Waals surface area contributed by atoms with Gasteiger partial charge in [0.1, 0.15) is 12.0 Å². The predicted octanol–water partition coefficient (Wildman–Crippen LogP) is 3.71. The fourth-order valence-corrected chi connectivity index (χ4v) is 2.70. The van der Waals surface area contributed by atoms with Crippen LogP contribution in [0.25, 0.3) is 22.3 Å². The van der Waals surface area contributed by atoms with Gasteiger partial charge < -0.3 is 15.0 Å². The van der Waals surface area contributed by atoms with E-state index in [1.165, 1.54) is 12.4 Å². The van der Waals surface area contributed by atoms with E-state index in [0.29, 0.717) is 28.0 Å². The van der Waals surface area contributed by atoms with Crippen molar-refractivity contribution in [2.24, 2.45) is 0 Å². The van der Waals surface area contributed by atoms with E-state index in [1.807, 2.05) is 19.1 Å². The topological polar surface area (TPSA) is 97.0 Å². The van der Waals surface area contributed by atoms with E-state index in [0.717, 1.165) is 12.0 Å². The number of benzene rings is 1. The summed E-state index contributed by atoms with van der Waals surface area (Å²) < 4.78 is 5.12. The number of carbonyl (C=O) groups is 2. The molecule has 138 valence electrons. The van der Waals surface area contributed by atoms with E-state index in [1.54, 1.807) is 31.3 Å². The molecular formula is C20H20N4O3. The number of aromatic nitrogens is 3. The molecule has 27 heavy (non-hydrogen) atoms. The second kappa shape index (κ2) is 8.27. The number of H-pyrrole nitrogens is 1. The van der Waals surface area contributed by atoms with Crippen molar-refractivity contribution < 1.29 is 14.3 Å². The maximum absolute atomic E-state index is 12.3. The molecule has 0 unspecified atom stereocenters. The zero-order chi connectivity index (χ0) is 19.2. The van der Waals surface area contributed by atoms with Gasteiger partial charge in [-0.15, -0.1) is 0 Å². The van der Waals surface area contributed by atoms with Gasteiger partial charge in [-0.25, -0.2) is 14.8 Å². The van der Waals surface area contributed by atoms with Crippen LogP contribution in [-0.2, 0) is 9.53 Å². The van der Waals surface area contributed by atoms with Crippen LogP contribution in [0.4, 0.5) is 5.69 Å². The van der Waals surface area contributed by atoms with Crippen LogP contribution in [-0.4, -0.2) is 33.4 Å². The summed E-state index contributed by atoms with van der Waals surface area (Å²) in [6.45, 7) is 3.99. The van der Waals surface area contributed by atoms with Crippen molar-refractivity contribution in [3.05, 3.63) is 54.5 Å². The second-order valence-corrected chi connectivity index (χ2v) is 5.75. The van der Waals surface area contributed by atoms with Crippen molar-refractivity contribution in [3.63, 3.8) is 0 Å². The minimum Gasteiger partial charge on any atom is -0.462 e. The molecule has 0 bridgehead atoms. The van der Waals surface area contributed by atoms with Crippen LogP contribution in [0, 0.1) is 0 Å². The highest BCUT2D eigenvalue weighted by molar-refractivity contribution is 6.08. The molecule has 7 heteroatoms. The molecule has 0 aliphatic carbocycles. The maximum Gasteiger partial charge on any atom is 0.340 e. The van der Waals surface area contributed by atoms with Crippen LogP contribution in [0.3, 0.4) is 0 Å². The Morgan fingerprint density at radius 3 is 2.89 bits per heavy atom. The SMILES string of the molecule is CCC=CC(=O)Nc1cccc(-c2ncnc3[nH]cc(C(=O)OCC)c23)c1. The highest BCUT2D eigenvalue weighted by Crippen LogP contribution is 2.30. The summed E-state index contributed by atoms with van der Waals surface area (Å²) in [4.78, 5) is 35.7. The average Bonchev–Trinajstić information content (AvgIpc) is 3.11. The Kier molecular flexibility index (Phi) is 5.61. The molecule has 2 N–H and O–H groups in total. The number of aromatic amines is 1. The van der Waals surface area contributed by atoms with Crippen LogP contribution in [0.1, 0.15) is 30.6 Å². The molecule has 0 saturated carbocycles. The van der Waals surface area contributed by atoms with Crippen LogP contribution >= 0.6 is 0 Å². The Morgan fingerprint density at radius 2 is 2.11 bits per heavy atom. The first-order valence-electron chi connectivity index (χ1n) is 8.71. The Labute approximate surface area is 156 Å². The van der Waals surface area contributed by atoms with Gasteiger partial charge in [-0.2, -0.15) is 0 Å². The number of carbonyl (C=O) groups excluding carboxylic acids is 2. The number of fused-ring (bicyclic) bond motifs is 1. The standard InChI is InChI=1S/C20H20N4O3/c1-3-5-9-16(25)24-14-8-6-7-13(10-14)18-17-15(20(26)27-4-2)11-21-19(17)23-12-22-18/h5-12H,3-4H2,1-2H3,(H,24,25)(H,21,22,23). The summed E-state index contributed by atoms with van der Waals surface area (Å²) >= 11 is 0. The van der Waals surface area contributed by atoms with Gasteiger partial charge in [0.2, 0.25) is 5.91 Å². The quantitative estimate of drug-likeness (QED) is 0.513. The lowest BCUT2D eigenvalue weighted by atomic mass is 10.1. The monoisotopic (exact) mass is 364 g/mol. The Balaban J connectivity index is 2.01. The number of hydrogen-bond acceptors (Lipinski definition) is 5. The molecule has 3 rings (SSSR count). The average molecular weight is 364 g/mol. The number of nitrogens with zero attached hydrogens (tertiary/aromatic N) is 2. The highest BCUT2D eigenvalue weighted by atomic mass is 16.5. The molecule has 0 spiro atoms. The Morgan fingerprint density at radius 1 is 1.26 bits per heavy atom. The van der Waals surface area contributed by atoms with Crippen molar-refractivity contribution in [3.8, 4) is 11.3 Å². The van der Waals surface area contributed by atoms with Crippen LogP contribution in [0.2, 0.25) is 0 Å². The van der Waals surface area contributed by atoms with Crippen molar-refractivity contribution in [2.45, 2.75) is 20.3 Å². The molecule has 0 aliphatic rings. The summed E-state index contributed by atoms with van der Waals surface area (Å²) in [6.07, 6.45) is 7.08. The third-order valence-corrected chi connectivity index (χ3v) is 3.87. The van der Waals surface area contributed by atoms with Crippen molar-refractivity contribution >= 4 is 28.6 Å². The first kappa shape index (κ1) is 18.3. The zero-order valence-electron chi connectivity index (χ0n) is 15.2. The third kappa shape index (κ3) is 4.03. The fraction of sp³-hybridized carbons (Fsp3) is 0.200. The summed E-state index contributed by atoms with van der Waals surface area (Å²) in [5, 5.41) is 3.41. The Bertz CT molecular complexity index is 1010. The largest absolute Gasteiger partial charge is 0.462 e. The lowest BCUT2D eigenvalue weighted by Crippen LogP contribution is -2.07. The van der Waals surface area contributed by atoms with Crippen molar-refractivity contribution in [1.29, 1.82) is 0 Å². The molecule has 0 aliphatic heterocycles. The van der Waals surface area contributed by atoms with Gasteiger partial charge in [-0.05, 0) is 31.6 Å². The van der Waals surface area contributed by atoms with Gasteiger partial charge >= 0.3 is 5.97 Å². The normalized spacial score (nSPS) is 11.0. The van der Waals surface area contributed by atoms with Crippen LogP contribution in [0.5, 0.6) is 0 Å². The molecule has 0 saturated heterocycles. The highest BCUT2D eigenvalue weighted by Gasteiger charge is 2.19. The molecule has 1 amide bonds. The van der Waals surface area contributed by atoms with Gasteiger partial charge in [-0.1, -0.05) is 25.1 Å². The van der Waals surface area contributed by atoms with Gasteiger partial charge in [0.25, 0.3) is 0 Å². The number of rotatable bonds is 6. The number of ether oxygens (including phenoxy) is 1. The van der Waals surface area contributed by atoms with Crippen molar-refractivity contribution in [2.75, 3.05) is 11.9 Å². The summed E-state index contributed by atoms with van der Waals surface area (Å²) in [6, 6.07) is 7.28. The summed E-state index contributed by atoms with van der Waals surface area (Å²) in [5.74, 6) is -0.635. The minimum absolute atomic E-state index is 0.198. The number of hydrogen-bond donors (Lipinski definition) is 2. The minimum atomic E-state index is -0.436. The molecule has 2 heterocycles. The van der Waals surface area contributed by atoms with Crippen LogP contribution in [0.15, 0.2) is 48.9 Å². The zero-order valence-corrected chi connectivity index (χ0v) is 15.2. The van der Waals surface area contributed by atoms with E-state index < -0.39 is 5.97 Å². The number of amides is 1. The van der Waals surface area contributed by atoms with E-state index in [4.69, 9.17) is 4.74 Å². The number of allylic oxidation sites excluding steroid dienone is 1. The van der Waals surface area contributed by atoms with Gasteiger partial charge in [0, 0.05) is 17.4 Å². The van der Waals surface area contributed by atoms with E-state index >= 15 is 0 Å². The number of nitrogens with one attached hydrogen (secondary N) is 2. The predicted molar refractivity (Wildman–Crippen MR) is 103 cm³/mol. The molecule has 0 atom stereocenters. The van der Waals surface area contributed by atoms with E-state index in [2.05, 4.69) is 20.3 Å². The van der Waals surface area contributed by atoms with Gasteiger partial charge in [-0.3, -0.25) is 4.79 Å². The molecule has 0 fully saturated rings. The molecule has 0 radical (unpaired) electrons. The van der Waals surface area contributed by atoms with E-state index in [9.17, 15) is 9.59 Å². The van der Waals surface area contributed by atoms with Crippen LogP contribution < -0.4 is 5.32 Å². The lowest BCUT2D eigenvalue weighted by Gasteiger charge is -2.08. The Hall–Kier alpha value is -3.48. The molecular weight excluding hydrogens is 344 g/mol. The molecule has 2 aromatic heterocycles. The third-order valence-electron chi connectivity index (χ3n) is 3.87. The van der Waals surface area contributed by atoms with Gasteiger partial charge in [0.05, 0.1) is 23.3 Å². The second-order valence-electron chi connectivity index (χ2n) is 5.75. The maximum atomic E-state index is 12.3. The molecule has 1 aromatic carbocycles. The number of anilines is 1. The molecule has 7 nitrogen and oxygen atoms in total. The van der Waals surface area contributed by atoms with Gasteiger partial charge in [0.15, 0.2) is 0 Å². The number of esters is 1. The molecule has 3 aromatic rings. The lowest BCUT2D eigenvalue weighted by molar-refractivity contribution is -0.111. The van der Waals surface area contributed by atoms with E-state index in [-0.39, 0.29) is 12.5 Å². The summed E-state index contributed by atoms with van der Waals surface area (Å²) in [7, 11) is 0.